The predicted octanol–water partition coefficient (Wildman–Crippen LogP) is 0.712. The zero-order valence-corrected chi connectivity index (χ0v) is 10.5. The van der Waals surface area contributed by atoms with Gasteiger partial charge in [-0.1, -0.05) is 5.92 Å². The minimum absolute atomic E-state index is 0.636. The maximum atomic E-state index is 5.19. The fourth-order valence-corrected chi connectivity index (χ4v) is 2.84. The molecule has 0 amide bonds. The largest absolute Gasteiger partial charge is 0.359 e. The van der Waals surface area contributed by atoms with E-state index >= 15 is 0 Å². The number of piperidine rings is 1. The molecule has 0 unspecified atom stereocenters. The lowest BCUT2D eigenvalue weighted by Crippen LogP contribution is -2.62. The zero-order valence-electron chi connectivity index (χ0n) is 10.5. The molecule has 2 saturated heterocycles. The van der Waals surface area contributed by atoms with Crippen molar-refractivity contribution in [2.24, 2.45) is 11.1 Å². The normalized spacial score (nSPS) is 25.2. The van der Waals surface area contributed by atoms with Gasteiger partial charge in [-0.05, 0) is 45.2 Å². The van der Waals surface area contributed by atoms with Crippen LogP contribution in [-0.2, 0) is 0 Å². The molecule has 3 heteroatoms. The van der Waals surface area contributed by atoms with E-state index in [1.165, 1.54) is 39.0 Å². The zero-order chi connectivity index (χ0) is 11.6. The Morgan fingerprint density at radius 2 is 1.88 bits per heavy atom. The van der Waals surface area contributed by atoms with Crippen LogP contribution in [0.3, 0.4) is 0 Å². The van der Waals surface area contributed by atoms with E-state index in [9.17, 15) is 0 Å². The van der Waals surface area contributed by atoms with Gasteiger partial charge in [-0.3, -0.25) is 9.80 Å². The molecule has 90 valence electrons. The molecule has 16 heavy (non-hydrogen) atoms. The van der Waals surface area contributed by atoms with E-state index in [1.54, 1.807) is 0 Å². The lowest BCUT2D eigenvalue weighted by Gasteiger charge is -2.55. The summed E-state index contributed by atoms with van der Waals surface area (Å²) in [6.07, 6.45) is 2.67. The molecule has 2 rings (SSSR count). The highest BCUT2D eigenvalue weighted by molar-refractivity contribution is 5.02. The molecule has 1 spiro atoms. The Kier molecular flexibility index (Phi) is 3.41. The molecule has 2 fully saturated rings. The molecule has 2 aliphatic rings. The van der Waals surface area contributed by atoms with Gasteiger partial charge in [0.2, 0.25) is 0 Å². The SMILES string of the molecule is CC(C)N1CC2(CCN(CC#CN)CC2)C1. The van der Waals surface area contributed by atoms with Gasteiger partial charge in [0.1, 0.15) is 0 Å². The first-order valence-corrected chi connectivity index (χ1v) is 6.30. The Morgan fingerprint density at radius 3 is 2.38 bits per heavy atom. The molecule has 2 aliphatic heterocycles. The molecular weight excluding hydrogens is 198 g/mol. The Morgan fingerprint density at radius 1 is 1.25 bits per heavy atom. The number of nitrogens with zero attached hydrogens (tertiary/aromatic N) is 2. The van der Waals surface area contributed by atoms with Gasteiger partial charge in [-0.25, -0.2) is 0 Å². The van der Waals surface area contributed by atoms with Crippen LogP contribution in [0.4, 0.5) is 0 Å². The van der Waals surface area contributed by atoms with Crippen LogP contribution >= 0.6 is 0 Å². The van der Waals surface area contributed by atoms with E-state index in [2.05, 4.69) is 35.6 Å². The molecule has 0 saturated carbocycles. The third-order valence-electron chi connectivity index (χ3n) is 4.13. The number of rotatable bonds is 2. The third-order valence-corrected chi connectivity index (χ3v) is 4.13. The maximum Gasteiger partial charge on any atom is 0.0619 e. The molecule has 0 aliphatic carbocycles. The summed E-state index contributed by atoms with van der Waals surface area (Å²) in [5.74, 6) is 2.95. The van der Waals surface area contributed by atoms with Crippen molar-refractivity contribution in [2.45, 2.75) is 32.7 Å². The molecule has 2 N–H and O–H groups in total. The molecular formula is C13H23N3. The minimum Gasteiger partial charge on any atom is -0.359 e. The summed E-state index contributed by atoms with van der Waals surface area (Å²) in [4.78, 5) is 5.00. The number of hydrogen-bond acceptors (Lipinski definition) is 3. The van der Waals surface area contributed by atoms with Crippen LogP contribution in [0.15, 0.2) is 0 Å². The van der Waals surface area contributed by atoms with Crippen molar-refractivity contribution in [3.05, 3.63) is 0 Å². The summed E-state index contributed by atoms with van der Waals surface area (Å²) < 4.78 is 0. The van der Waals surface area contributed by atoms with Gasteiger partial charge in [0.15, 0.2) is 0 Å². The molecule has 0 radical (unpaired) electrons. The van der Waals surface area contributed by atoms with Crippen molar-refractivity contribution in [3.8, 4) is 12.0 Å². The van der Waals surface area contributed by atoms with Crippen LogP contribution in [0.1, 0.15) is 26.7 Å². The van der Waals surface area contributed by atoms with Crippen LogP contribution in [-0.4, -0.2) is 48.6 Å². The average Bonchev–Trinajstić information content (AvgIpc) is 2.23. The molecule has 0 aromatic rings. The molecule has 3 nitrogen and oxygen atoms in total. The van der Waals surface area contributed by atoms with Crippen molar-refractivity contribution in [2.75, 3.05) is 32.7 Å². The summed E-state index contributed by atoms with van der Waals surface area (Å²) in [6.45, 7) is 10.4. The fraction of sp³-hybridized carbons (Fsp3) is 0.846. The molecule has 0 aromatic heterocycles. The highest BCUT2D eigenvalue weighted by Crippen LogP contribution is 2.41. The lowest BCUT2D eigenvalue weighted by molar-refractivity contribution is -0.0603. The first kappa shape index (κ1) is 11.8. The molecule has 0 bridgehead atoms. The summed E-state index contributed by atoms with van der Waals surface area (Å²) in [7, 11) is 0. The van der Waals surface area contributed by atoms with Gasteiger partial charge in [-0.2, -0.15) is 0 Å². The van der Waals surface area contributed by atoms with Gasteiger partial charge in [0.25, 0.3) is 0 Å². The van der Waals surface area contributed by atoms with Crippen molar-refractivity contribution in [1.29, 1.82) is 0 Å². The Balaban J connectivity index is 1.76. The second kappa shape index (κ2) is 4.65. The minimum atomic E-state index is 0.636. The number of likely N-dealkylation sites (tertiary alicyclic amines) is 2. The van der Waals surface area contributed by atoms with Crippen LogP contribution in [0.25, 0.3) is 0 Å². The second-order valence-electron chi connectivity index (χ2n) is 5.60. The smallest absolute Gasteiger partial charge is 0.0619 e. The predicted molar refractivity (Wildman–Crippen MR) is 66.8 cm³/mol. The number of hydrogen-bond donors (Lipinski definition) is 1. The molecule has 0 aromatic carbocycles. The monoisotopic (exact) mass is 221 g/mol. The van der Waals surface area contributed by atoms with Gasteiger partial charge in [-0.15, -0.1) is 0 Å². The highest BCUT2D eigenvalue weighted by Gasteiger charge is 2.45. The third kappa shape index (κ3) is 2.34. The van der Waals surface area contributed by atoms with E-state index in [-0.39, 0.29) is 0 Å². The standard InChI is InChI=1S/C13H23N3/c1-12(2)16-10-13(11-16)4-8-15(9-5-13)7-3-6-14/h12H,4-5,7-11,14H2,1-2H3. The van der Waals surface area contributed by atoms with Crippen LogP contribution < -0.4 is 5.73 Å². The van der Waals surface area contributed by atoms with Crippen LogP contribution in [0, 0.1) is 17.4 Å². The van der Waals surface area contributed by atoms with Crippen molar-refractivity contribution >= 4 is 0 Å². The summed E-state index contributed by atoms with van der Waals surface area (Å²) in [6, 6.07) is 3.20. The Hall–Kier alpha value is -0.720. The van der Waals surface area contributed by atoms with Gasteiger partial charge in [0, 0.05) is 25.2 Å². The fourth-order valence-electron chi connectivity index (χ4n) is 2.84. The van der Waals surface area contributed by atoms with Crippen LogP contribution in [0.2, 0.25) is 0 Å². The molecule has 0 atom stereocenters. The number of nitrogens with two attached hydrogens (primary N) is 1. The Labute approximate surface area is 99.0 Å². The Bertz CT molecular complexity index is 284. The van der Waals surface area contributed by atoms with Crippen LogP contribution in [0.5, 0.6) is 0 Å². The first-order valence-electron chi connectivity index (χ1n) is 6.30. The van der Waals surface area contributed by atoms with E-state index in [0.717, 1.165) is 6.54 Å². The van der Waals surface area contributed by atoms with E-state index < -0.39 is 0 Å². The molecule has 2 heterocycles. The van der Waals surface area contributed by atoms with Crippen molar-refractivity contribution in [1.82, 2.24) is 9.80 Å². The van der Waals surface area contributed by atoms with E-state index in [4.69, 9.17) is 5.73 Å². The maximum absolute atomic E-state index is 5.19. The average molecular weight is 221 g/mol. The summed E-state index contributed by atoms with van der Waals surface area (Å²) in [5.41, 5.74) is 5.83. The van der Waals surface area contributed by atoms with E-state index in [1.807, 2.05) is 0 Å². The topological polar surface area (TPSA) is 32.5 Å². The van der Waals surface area contributed by atoms with Gasteiger partial charge >= 0.3 is 0 Å². The second-order valence-corrected chi connectivity index (χ2v) is 5.60. The van der Waals surface area contributed by atoms with Crippen molar-refractivity contribution in [3.63, 3.8) is 0 Å². The van der Waals surface area contributed by atoms with Gasteiger partial charge in [0.05, 0.1) is 6.54 Å². The summed E-state index contributed by atoms with van der Waals surface area (Å²) >= 11 is 0. The lowest BCUT2D eigenvalue weighted by atomic mass is 9.71. The van der Waals surface area contributed by atoms with Crippen molar-refractivity contribution < 1.29 is 0 Å². The first-order chi connectivity index (χ1) is 7.65. The quantitative estimate of drug-likeness (QED) is 0.551. The van der Waals surface area contributed by atoms with E-state index in [0.29, 0.717) is 11.5 Å². The summed E-state index contributed by atoms with van der Waals surface area (Å²) in [5, 5.41) is 0. The van der Waals surface area contributed by atoms with Gasteiger partial charge < -0.3 is 5.73 Å². The highest BCUT2D eigenvalue weighted by atomic mass is 15.2.